The fourth-order valence-electron chi connectivity index (χ4n) is 2.79. The lowest BCUT2D eigenvalue weighted by molar-refractivity contribution is 0.251. The second-order valence-electron chi connectivity index (χ2n) is 6.53. The summed E-state index contributed by atoms with van der Waals surface area (Å²) in [4.78, 5) is 16.8. The van der Waals surface area contributed by atoms with Crippen LogP contribution in [-0.2, 0) is 6.54 Å². The van der Waals surface area contributed by atoms with E-state index in [9.17, 15) is 4.79 Å². The van der Waals surface area contributed by atoms with E-state index in [0.29, 0.717) is 24.0 Å². The number of aromatic nitrogens is 1. The number of hydrogen-bond acceptors (Lipinski definition) is 4. The molecule has 0 saturated carbocycles. The Bertz CT molecular complexity index is 962. The van der Waals surface area contributed by atoms with E-state index in [1.807, 2.05) is 70.2 Å². The summed E-state index contributed by atoms with van der Waals surface area (Å²) >= 11 is 0. The average molecular weight is 379 g/mol. The van der Waals surface area contributed by atoms with E-state index in [1.165, 1.54) is 0 Å². The summed E-state index contributed by atoms with van der Waals surface area (Å²) in [6, 6.07) is 13.1. The van der Waals surface area contributed by atoms with E-state index in [-0.39, 0.29) is 12.6 Å². The number of carbonyl (C=O) groups excluding carboxylic acids is 1. The van der Waals surface area contributed by atoms with Crippen molar-refractivity contribution in [2.24, 2.45) is 0 Å². The highest BCUT2D eigenvalue weighted by Gasteiger charge is 2.13. The van der Waals surface area contributed by atoms with Crippen molar-refractivity contribution in [2.75, 3.05) is 11.9 Å². The monoisotopic (exact) mass is 379 g/mol. The smallest absolute Gasteiger partial charge is 0.319 e. The highest BCUT2D eigenvalue weighted by atomic mass is 16.5. The van der Waals surface area contributed by atoms with E-state index in [0.717, 1.165) is 28.1 Å². The van der Waals surface area contributed by atoms with Crippen LogP contribution in [0.5, 0.6) is 5.75 Å². The molecule has 0 unspecified atom stereocenters. The number of oxazole rings is 1. The van der Waals surface area contributed by atoms with Crippen LogP contribution < -0.4 is 15.4 Å². The van der Waals surface area contributed by atoms with E-state index in [4.69, 9.17) is 9.15 Å². The van der Waals surface area contributed by atoms with Crippen molar-refractivity contribution < 1.29 is 13.9 Å². The van der Waals surface area contributed by atoms with Crippen LogP contribution in [0.4, 0.5) is 10.5 Å². The van der Waals surface area contributed by atoms with Gasteiger partial charge in [-0.15, -0.1) is 0 Å². The molecule has 2 amide bonds. The number of urea groups is 1. The van der Waals surface area contributed by atoms with Crippen molar-refractivity contribution in [1.82, 2.24) is 10.3 Å². The van der Waals surface area contributed by atoms with Crippen molar-refractivity contribution in [2.45, 2.75) is 34.2 Å². The zero-order valence-corrected chi connectivity index (χ0v) is 16.6. The molecule has 0 aliphatic heterocycles. The molecule has 3 aromatic rings. The average Bonchev–Trinajstić information content (AvgIpc) is 3.05. The molecule has 0 aliphatic rings. The second-order valence-corrected chi connectivity index (χ2v) is 6.53. The molecular weight excluding hydrogens is 354 g/mol. The van der Waals surface area contributed by atoms with Gasteiger partial charge in [-0.2, -0.15) is 0 Å². The molecule has 2 N–H and O–H groups in total. The molecular formula is C22H25N3O3. The third kappa shape index (κ3) is 4.52. The number of anilines is 1. The number of ether oxygens (including phenoxy) is 1. The fourth-order valence-corrected chi connectivity index (χ4v) is 2.79. The van der Waals surface area contributed by atoms with Gasteiger partial charge < -0.3 is 19.8 Å². The number of benzene rings is 2. The predicted octanol–water partition coefficient (Wildman–Crippen LogP) is 4.99. The SMILES string of the molecule is CCOc1ccc(-c2nc(CNC(=O)Nc3cccc(C)c3C)c(C)o2)cc1. The Morgan fingerprint density at radius 1 is 1.11 bits per heavy atom. The maximum atomic E-state index is 12.2. The standard InChI is InChI=1S/C22H25N3O3/c1-5-27-18-11-9-17(10-12-18)21-24-20(16(4)28-21)13-23-22(26)25-19-8-6-7-14(2)15(19)3/h6-12H,5,13H2,1-4H3,(H2,23,25,26). The summed E-state index contributed by atoms with van der Waals surface area (Å²) in [6.07, 6.45) is 0. The summed E-state index contributed by atoms with van der Waals surface area (Å²) in [5.41, 5.74) is 4.53. The largest absolute Gasteiger partial charge is 0.494 e. The van der Waals surface area contributed by atoms with Crippen molar-refractivity contribution in [1.29, 1.82) is 0 Å². The minimum atomic E-state index is -0.279. The number of nitrogens with one attached hydrogen (secondary N) is 2. The first-order valence-corrected chi connectivity index (χ1v) is 9.28. The van der Waals surface area contributed by atoms with Gasteiger partial charge in [0, 0.05) is 11.3 Å². The quantitative estimate of drug-likeness (QED) is 0.633. The van der Waals surface area contributed by atoms with Crippen LogP contribution in [0.15, 0.2) is 46.9 Å². The van der Waals surface area contributed by atoms with Crippen LogP contribution in [0.25, 0.3) is 11.5 Å². The zero-order chi connectivity index (χ0) is 20.1. The first-order valence-electron chi connectivity index (χ1n) is 9.28. The summed E-state index contributed by atoms with van der Waals surface area (Å²) in [5.74, 6) is 2.00. The van der Waals surface area contributed by atoms with E-state index < -0.39 is 0 Å². The molecule has 0 spiro atoms. The molecule has 1 heterocycles. The number of carbonyl (C=O) groups is 1. The number of hydrogen-bond donors (Lipinski definition) is 2. The highest BCUT2D eigenvalue weighted by Crippen LogP contribution is 2.24. The third-order valence-corrected chi connectivity index (χ3v) is 4.57. The fraction of sp³-hybridized carbons (Fsp3) is 0.273. The van der Waals surface area contributed by atoms with Crippen molar-refractivity contribution in [3.63, 3.8) is 0 Å². The van der Waals surface area contributed by atoms with Crippen molar-refractivity contribution in [3.05, 3.63) is 65.0 Å². The normalized spacial score (nSPS) is 10.6. The molecule has 6 heteroatoms. The van der Waals surface area contributed by atoms with Gasteiger partial charge in [-0.05, 0) is 69.2 Å². The Labute approximate surface area is 164 Å². The van der Waals surface area contributed by atoms with Crippen LogP contribution in [0.2, 0.25) is 0 Å². The lowest BCUT2D eigenvalue weighted by atomic mass is 10.1. The molecule has 3 rings (SSSR count). The van der Waals surface area contributed by atoms with Gasteiger partial charge in [-0.1, -0.05) is 12.1 Å². The number of aryl methyl sites for hydroxylation is 2. The van der Waals surface area contributed by atoms with Gasteiger partial charge in [-0.25, -0.2) is 9.78 Å². The van der Waals surface area contributed by atoms with Crippen LogP contribution in [-0.4, -0.2) is 17.6 Å². The summed E-state index contributed by atoms with van der Waals surface area (Å²) < 4.78 is 11.2. The first kappa shape index (κ1) is 19.5. The minimum absolute atomic E-state index is 0.279. The molecule has 0 radical (unpaired) electrons. The predicted molar refractivity (Wildman–Crippen MR) is 110 cm³/mol. The molecule has 146 valence electrons. The van der Waals surface area contributed by atoms with Crippen LogP contribution in [0, 0.1) is 20.8 Å². The molecule has 1 aromatic heterocycles. The zero-order valence-electron chi connectivity index (χ0n) is 16.6. The van der Waals surface area contributed by atoms with Gasteiger partial charge >= 0.3 is 6.03 Å². The van der Waals surface area contributed by atoms with Crippen molar-refractivity contribution in [3.8, 4) is 17.2 Å². The lowest BCUT2D eigenvalue weighted by Gasteiger charge is -2.10. The Morgan fingerprint density at radius 2 is 1.86 bits per heavy atom. The Morgan fingerprint density at radius 3 is 2.57 bits per heavy atom. The maximum absolute atomic E-state index is 12.2. The van der Waals surface area contributed by atoms with Gasteiger partial charge in [0.1, 0.15) is 17.2 Å². The summed E-state index contributed by atoms with van der Waals surface area (Å²) in [7, 11) is 0. The third-order valence-electron chi connectivity index (χ3n) is 4.57. The maximum Gasteiger partial charge on any atom is 0.319 e. The minimum Gasteiger partial charge on any atom is -0.494 e. The summed E-state index contributed by atoms with van der Waals surface area (Å²) in [6.45, 7) is 8.68. The number of nitrogens with zero attached hydrogens (tertiary/aromatic N) is 1. The second kappa shape index (κ2) is 8.61. The van der Waals surface area contributed by atoms with Gasteiger partial charge in [0.05, 0.1) is 13.2 Å². The molecule has 28 heavy (non-hydrogen) atoms. The Hall–Kier alpha value is -3.28. The van der Waals surface area contributed by atoms with Gasteiger partial charge in [0.15, 0.2) is 0 Å². The van der Waals surface area contributed by atoms with Crippen LogP contribution in [0.3, 0.4) is 0 Å². The molecule has 0 fully saturated rings. The topological polar surface area (TPSA) is 76.4 Å². The number of amides is 2. The van der Waals surface area contributed by atoms with Gasteiger partial charge in [0.2, 0.25) is 5.89 Å². The van der Waals surface area contributed by atoms with E-state index in [2.05, 4.69) is 15.6 Å². The molecule has 0 aliphatic carbocycles. The highest BCUT2D eigenvalue weighted by molar-refractivity contribution is 5.90. The van der Waals surface area contributed by atoms with Crippen LogP contribution in [0.1, 0.15) is 29.5 Å². The summed E-state index contributed by atoms with van der Waals surface area (Å²) in [5, 5.41) is 5.71. The van der Waals surface area contributed by atoms with Crippen molar-refractivity contribution >= 4 is 11.7 Å². The molecule has 0 saturated heterocycles. The molecule has 0 atom stereocenters. The lowest BCUT2D eigenvalue weighted by Crippen LogP contribution is -2.28. The van der Waals surface area contributed by atoms with Crippen LogP contribution >= 0.6 is 0 Å². The Kier molecular flexibility index (Phi) is 5.99. The van der Waals surface area contributed by atoms with E-state index >= 15 is 0 Å². The Balaban J connectivity index is 1.63. The molecule has 6 nitrogen and oxygen atoms in total. The molecule has 0 bridgehead atoms. The molecule has 2 aromatic carbocycles. The van der Waals surface area contributed by atoms with E-state index in [1.54, 1.807) is 0 Å². The number of rotatable bonds is 6. The first-order chi connectivity index (χ1) is 13.5. The van der Waals surface area contributed by atoms with Gasteiger partial charge in [-0.3, -0.25) is 0 Å². The van der Waals surface area contributed by atoms with Gasteiger partial charge in [0.25, 0.3) is 0 Å².